The van der Waals surface area contributed by atoms with Gasteiger partial charge in [-0.1, -0.05) is 54.1 Å². The molecule has 5 nitrogen and oxygen atoms in total. The lowest BCUT2D eigenvalue weighted by Gasteiger charge is -2.27. The number of methoxy groups -OCH3 is 1. The molecule has 2 N–H and O–H groups in total. The van der Waals surface area contributed by atoms with Gasteiger partial charge < -0.3 is 15.4 Å². The van der Waals surface area contributed by atoms with Crippen LogP contribution in [0.25, 0.3) is 0 Å². The van der Waals surface area contributed by atoms with Crippen LogP contribution >= 0.6 is 11.6 Å². The van der Waals surface area contributed by atoms with Gasteiger partial charge in [-0.25, -0.2) is 0 Å². The fraction of sp³-hybridized carbons (Fsp3) is 0.300. The number of hydrogen-bond donors (Lipinski definition) is 2. The minimum atomic E-state index is -0.688. The van der Waals surface area contributed by atoms with Gasteiger partial charge >= 0.3 is 11.8 Å². The Morgan fingerprint density at radius 2 is 1.58 bits per heavy atom. The molecule has 6 heteroatoms. The lowest BCUT2D eigenvalue weighted by atomic mass is 10.00. The molecule has 0 aromatic heterocycles. The van der Waals surface area contributed by atoms with E-state index in [-0.39, 0.29) is 13.1 Å². The SMILES string of the molecule is COC1(CNC(=O)C(=O)NCc2ccccc2Cl)Cc2ccccc2C1. The second-order valence-electron chi connectivity index (χ2n) is 6.47. The van der Waals surface area contributed by atoms with Gasteiger partial charge in [-0.05, 0) is 22.8 Å². The summed E-state index contributed by atoms with van der Waals surface area (Å²) in [4.78, 5) is 24.2. The highest BCUT2D eigenvalue weighted by Crippen LogP contribution is 2.32. The molecule has 136 valence electrons. The van der Waals surface area contributed by atoms with Gasteiger partial charge in [0.25, 0.3) is 0 Å². The van der Waals surface area contributed by atoms with E-state index in [0.29, 0.717) is 17.9 Å². The number of ether oxygens (including phenoxy) is 1. The van der Waals surface area contributed by atoms with Crippen molar-refractivity contribution in [3.8, 4) is 0 Å². The average Bonchev–Trinajstić information content (AvgIpc) is 3.04. The fourth-order valence-electron chi connectivity index (χ4n) is 3.22. The molecule has 0 radical (unpaired) electrons. The van der Waals surface area contributed by atoms with E-state index in [0.717, 1.165) is 5.56 Å². The van der Waals surface area contributed by atoms with Crippen LogP contribution in [0, 0.1) is 0 Å². The van der Waals surface area contributed by atoms with Crippen LogP contribution in [0.1, 0.15) is 16.7 Å². The summed E-state index contributed by atoms with van der Waals surface area (Å²) in [6, 6.07) is 15.3. The Hall–Kier alpha value is -2.37. The van der Waals surface area contributed by atoms with Gasteiger partial charge in [0.2, 0.25) is 0 Å². The largest absolute Gasteiger partial charge is 0.376 e. The molecule has 1 aliphatic rings. The van der Waals surface area contributed by atoms with E-state index >= 15 is 0 Å². The van der Waals surface area contributed by atoms with E-state index < -0.39 is 17.4 Å². The predicted octanol–water partition coefficient (Wildman–Crippen LogP) is 2.26. The summed E-state index contributed by atoms with van der Waals surface area (Å²) in [7, 11) is 1.63. The molecular formula is C20H21ClN2O3. The Morgan fingerprint density at radius 3 is 2.19 bits per heavy atom. The number of carbonyl (C=O) groups excluding carboxylic acids is 2. The Labute approximate surface area is 157 Å². The average molecular weight is 373 g/mol. The molecule has 0 spiro atoms. The molecule has 0 saturated heterocycles. The zero-order valence-corrected chi connectivity index (χ0v) is 15.3. The molecule has 3 rings (SSSR count). The molecule has 0 bridgehead atoms. The standard InChI is InChI=1S/C20H21ClN2O3/c1-26-20(10-14-6-2-3-7-15(14)11-20)13-23-19(25)18(24)22-12-16-8-4-5-9-17(16)21/h2-9H,10-13H2,1H3,(H,22,24)(H,23,25). The third-order valence-corrected chi connectivity index (χ3v) is 5.12. The van der Waals surface area contributed by atoms with Gasteiger partial charge in [-0.3, -0.25) is 9.59 Å². The summed E-state index contributed by atoms with van der Waals surface area (Å²) in [6.45, 7) is 0.476. The van der Waals surface area contributed by atoms with Crippen molar-refractivity contribution >= 4 is 23.4 Å². The predicted molar refractivity (Wildman–Crippen MR) is 99.9 cm³/mol. The topological polar surface area (TPSA) is 67.4 Å². The van der Waals surface area contributed by atoms with Crippen molar-refractivity contribution in [1.29, 1.82) is 0 Å². The van der Waals surface area contributed by atoms with Gasteiger partial charge in [-0.2, -0.15) is 0 Å². The lowest BCUT2D eigenvalue weighted by Crippen LogP contribution is -2.49. The normalized spacial score (nSPS) is 14.5. The lowest BCUT2D eigenvalue weighted by molar-refractivity contribution is -0.140. The smallest absolute Gasteiger partial charge is 0.309 e. The van der Waals surface area contributed by atoms with Crippen LogP contribution in [-0.2, 0) is 33.7 Å². The molecular weight excluding hydrogens is 352 g/mol. The summed E-state index contributed by atoms with van der Waals surface area (Å²) in [6.07, 6.45) is 1.42. The first kappa shape index (κ1) is 18.4. The zero-order valence-electron chi connectivity index (χ0n) is 14.5. The van der Waals surface area contributed by atoms with Crippen molar-refractivity contribution in [1.82, 2.24) is 10.6 Å². The number of carbonyl (C=O) groups is 2. The van der Waals surface area contributed by atoms with Gasteiger partial charge in [0.1, 0.15) is 0 Å². The summed E-state index contributed by atoms with van der Waals surface area (Å²) in [5, 5.41) is 5.83. The quantitative estimate of drug-likeness (QED) is 0.791. The van der Waals surface area contributed by atoms with Gasteiger partial charge in [0.05, 0.1) is 5.60 Å². The van der Waals surface area contributed by atoms with Crippen LogP contribution < -0.4 is 10.6 Å². The molecule has 0 fully saturated rings. The van der Waals surface area contributed by atoms with Crippen molar-refractivity contribution < 1.29 is 14.3 Å². The van der Waals surface area contributed by atoms with Crippen molar-refractivity contribution in [2.24, 2.45) is 0 Å². The molecule has 0 heterocycles. The molecule has 2 amide bonds. The second-order valence-corrected chi connectivity index (χ2v) is 6.87. The highest BCUT2D eigenvalue weighted by Gasteiger charge is 2.37. The van der Waals surface area contributed by atoms with Crippen molar-refractivity contribution in [3.63, 3.8) is 0 Å². The number of hydrogen-bond acceptors (Lipinski definition) is 3. The maximum absolute atomic E-state index is 12.1. The van der Waals surface area contributed by atoms with E-state index in [1.807, 2.05) is 24.3 Å². The van der Waals surface area contributed by atoms with Crippen molar-refractivity contribution in [2.45, 2.75) is 25.0 Å². The maximum Gasteiger partial charge on any atom is 0.309 e. The van der Waals surface area contributed by atoms with E-state index in [9.17, 15) is 9.59 Å². The Morgan fingerprint density at radius 1 is 1.00 bits per heavy atom. The summed E-state index contributed by atoms with van der Waals surface area (Å²) in [5.74, 6) is -1.36. The molecule has 26 heavy (non-hydrogen) atoms. The molecule has 0 aliphatic heterocycles. The molecule has 0 atom stereocenters. The second kappa shape index (κ2) is 7.89. The monoisotopic (exact) mass is 372 g/mol. The number of nitrogens with one attached hydrogen (secondary N) is 2. The number of amides is 2. The van der Waals surface area contributed by atoms with E-state index in [1.165, 1.54) is 11.1 Å². The molecule has 2 aromatic rings. The minimum Gasteiger partial charge on any atom is -0.376 e. The van der Waals surface area contributed by atoms with E-state index in [2.05, 4.69) is 22.8 Å². The first-order valence-corrected chi connectivity index (χ1v) is 8.82. The first-order chi connectivity index (χ1) is 12.5. The number of rotatable bonds is 5. The van der Waals surface area contributed by atoms with E-state index in [1.54, 1.807) is 19.2 Å². The molecule has 0 saturated carbocycles. The molecule has 2 aromatic carbocycles. The Kier molecular flexibility index (Phi) is 5.59. The number of fused-ring (bicyclic) bond motifs is 1. The van der Waals surface area contributed by atoms with Crippen LogP contribution in [0.2, 0.25) is 5.02 Å². The van der Waals surface area contributed by atoms with Crippen LogP contribution in [0.5, 0.6) is 0 Å². The maximum atomic E-state index is 12.1. The van der Waals surface area contributed by atoms with Crippen LogP contribution in [0.15, 0.2) is 48.5 Å². The third-order valence-electron chi connectivity index (χ3n) is 4.75. The van der Waals surface area contributed by atoms with Crippen LogP contribution in [0.4, 0.5) is 0 Å². The number of benzene rings is 2. The van der Waals surface area contributed by atoms with Crippen LogP contribution in [-0.4, -0.2) is 31.1 Å². The number of halogens is 1. The Bertz CT molecular complexity index is 797. The first-order valence-electron chi connectivity index (χ1n) is 8.44. The highest BCUT2D eigenvalue weighted by atomic mass is 35.5. The van der Waals surface area contributed by atoms with Gasteiger partial charge in [-0.15, -0.1) is 0 Å². The Balaban J connectivity index is 1.53. The summed E-state index contributed by atoms with van der Waals surface area (Å²) < 4.78 is 5.69. The molecule has 0 unspecified atom stereocenters. The van der Waals surface area contributed by atoms with Crippen LogP contribution in [0.3, 0.4) is 0 Å². The minimum absolute atomic E-state index is 0.201. The van der Waals surface area contributed by atoms with Crippen molar-refractivity contribution in [2.75, 3.05) is 13.7 Å². The van der Waals surface area contributed by atoms with Gasteiger partial charge in [0.15, 0.2) is 0 Å². The summed E-state index contributed by atoms with van der Waals surface area (Å²) in [5.41, 5.74) is 2.68. The van der Waals surface area contributed by atoms with E-state index in [4.69, 9.17) is 16.3 Å². The van der Waals surface area contributed by atoms with Gasteiger partial charge in [0, 0.05) is 38.1 Å². The summed E-state index contributed by atoms with van der Waals surface area (Å²) >= 11 is 6.05. The fourth-order valence-corrected chi connectivity index (χ4v) is 3.42. The van der Waals surface area contributed by atoms with Crippen molar-refractivity contribution in [3.05, 3.63) is 70.2 Å². The third kappa shape index (κ3) is 4.06. The molecule has 1 aliphatic carbocycles. The zero-order chi connectivity index (χ0) is 18.6. The highest BCUT2D eigenvalue weighted by molar-refractivity contribution is 6.35.